The average molecular weight is 265 g/mol. The summed E-state index contributed by atoms with van der Waals surface area (Å²) in [6, 6.07) is 0. The summed E-state index contributed by atoms with van der Waals surface area (Å²) in [6.07, 6.45) is 3.53. The van der Waals surface area contributed by atoms with Gasteiger partial charge in [0.25, 0.3) is 0 Å². The SMILES string of the molecule is CN(CCOCC1CC1)S(=O)(=O)CCCCO. The van der Waals surface area contributed by atoms with Crippen molar-refractivity contribution in [2.45, 2.75) is 25.7 Å². The van der Waals surface area contributed by atoms with Crippen LogP contribution in [0.4, 0.5) is 0 Å². The van der Waals surface area contributed by atoms with Crippen molar-refractivity contribution in [3.63, 3.8) is 0 Å². The maximum atomic E-state index is 11.7. The van der Waals surface area contributed by atoms with Gasteiger partial charge in [0, 0.05) is 26.8 Å². The summed E-state index contributed by atoms with van der Waals surface area (Å²) in [7, 11) is -1.60. The topological polar surface area (TPSA) is 66.8 Å². The first-order valence-electron chi connectivity index (χ1n) is 6.19. The van der Waals surface area contributed by atoms with E-state index < -0.39 is 10.0 Å². The van der Waals surface area contributed by atoms with Crippen molar-refractivity contribution in [1.82, 2.24) is 4.31 Å². The van der Waals surface area contributed by atoms with E-state index in [-0.39, 0.29) is 12.4 Å². The van der Waals surface area contributed by atoms with Crippen molar-refractivity contribution in [2.75, 3.05) is 39.2 Å². The second-order valence-corrected chi connectivity index (χ2v) is 6.78. The summed E-state index contributed by atoms with van der Waals surface area (Å²) < 4.78 is 30.2. The van der Waals surface area contributed by atoms with Crippen LogP contribution in [-0.2, 0) is 14.8 Å². The van der Waals surface area contributed by atoms with E-state index in [1.165, 1.54) is 17.1 Å². The molecule has 1 aliphatic carbocycles. The molecule has 6 heteroatoms. The second kappa shape index (κ2) is 7.31. The summed E-state index contributed by atoms with van der Waals surface area (Å²) in [6.45, 7) is 1.68. The molecule has 1 saturated carbocycles. The van der Waals surface area contributed by atoms with Crippen molar-refractivity contribution in [1.29, 1.82) is 0 Å². The van der Waals surface area contributed by atoms with Crippen molar-refractivity contribution >= 4 is 10.0 Å². The lowest BCUT2D eigenvalue weighted by Crippen LogP contribution is -2.32. The van der Waals surface area contributed by atoms with Crippen molar-refractivity contribution in [3.05, 3.63) is 0 Å². The highest BCUT2D eigenvalue weighted by molar-refractivity contribution is 7.89. The molecule has 1 fully saturated rings. The Morgan fingerprint density at radius 2 is 2.06 bits per heavy atom. The van der Waals surface area contributed by atoms with Crippen LogP contribution in [0.1, 0.15) is 25.7 Å². The molecule has 1 N–H and O–H groups in total. The summed E-state index contributed by atoms with van der Waals surface area (Å²) in [5.74, 6) is 0.814. The number of likely N-dealkylation sites (N-methyl/N-ethyl adjacent to an activating group) is 1. The minimum atomic E-state index is -3.18. The third-order valence-electron chi connectivity index (χ3n) is 2.89. The first-order chi connectivity index (χ1) is 8.06. The molecule has 0 amide bonds. The molecule has 0 aromatic heterocycles. The Labute approximate surface area is 104 Å². The lowest BCUT2D eigenvalue weighted by atomic mass is 10.4. The number of unbranched alkanes of at least 4 members (excludes halogenated alkanes) is 1. The smallest absolute Gasteiger partial charge is 0.213 e. The van der Waals surface area contributed by atoms with Crippen LogP contribution in [0.3, 0.4) is 0 Å². The van der Waals surface area contributed by atoms with Crippen LogP contribution in [0.15, 0.2) is 0 Å². The number of hydrogen-bond acceptors (Lipinski definition) is 4. The Balaban J connectivity index is 2.12. The molecule has 102 valence electrons. The van der Waals surface area contributed by atoms with E-state index in [0.717, 1.165) is 6.61 Å². The largest absolute Gasteiger partial charge is 0.396 e. The van der Waals surface area contributed by atoms with Gasteiger partial charge in [0.05, 0.1) is 12.4 Å². The standard InChI is InChI=1S/C11H23NO4S/c1-12(6-8-16-10-11-4-5-11)17(14,15)9-3-2-7-13/h11,13H,2-10H2,1H3. The van der Waals surface area contributed by atoms with Crippen LogP contribution in [0.5, 0.6) is 0 Å². The molecule has 0 spiro atoms. The van der Waals surface area contributed by atoms with Crippen molar-refractivity contribution in [2.24, 2.45) is 5.92 Å². The van der Waals surface area contributed by atoms with Crippen LogP contribution in [-0.4, -0.2) is 57.0 Å². The van der Waals surface area contributed by atoms with Gasteiger partial charge in [-0.25, -0.2) is 12.7 Å². The van der Waals surface area contributed by atoms with Gasteiger partial charge >= 0.3 is 0 Å². The number of rotatable bonds is 10. The van der Waals surface area contributed by atoms with Gasteiger partial charge < -0.3 is 9.84 Å². The van der Waals surface area contributed by atoms with E-state index in [9.17, 15) is 8.42 Å². The minimum Gasteiger partial charge on any atom is -0.396 e. The molecule has 1 rings (SSSR count). The zero-order valence-electron chi connectivity index (χ0n) is 10.5. The molecule has 17 heavy (non-hydrogen) atoms. The third-order valence-corrected chi connectivity index (χ3v) is 4.82. The summed E-state index contributed by atoms with van der Waals surface area (Å²) in [5, 5.41) is 8.60. The highest BCUT2D eigenvalue weighted by atomic mass is 32.2. The normalized spacial score (nSPS) is 16.6. The Morgan fingerprint density at radius 3 is 2.65 bits per heavy atom. The van der Waals surface area contributed by atoms with Crippen molar-refractivity contribution in [3.8, 4) is 0 Å². The van der Waals surface area contributed by atoms with Crippen LogP contribution in [0, 0.1) is 5.92 Å². The van der Waals surface area contributed by atoms with Crippen LogP contribution in [0.2, 0.25) is 0 Å². The maximum Gasteiger partial charge on any atom is 0.213 e. The van der Waals surface area contributed by atoms with Crippen LogP contribution >= 0.6 is 0 Å². The van der Waals surface area contributed by atoms with E-state index in [1.54, 1.807) is 7.05 Å². The number of sulfonamides is 1. The Bertz CT molecular complexity index is 301. The molecule has 0 heterocycles. The van der Waals surface area contributed by atoms with Gasteiger partial charge in [-0.3, -0.25) is 0 Å². The van der Waals surface area contributed by atoms with Gasteiger partial charge in [0.1, 0.15) is 0 Å². The lowest BCUT2D eigenvalue weighted by molar-refractivity contribution is 0.117. The monoisotopic (exact) mass is 265 g/mol. The van der Waals surface area contributed by atoms with Gasteiger partial charge in [-0.2, -0.15) is 0 Å². The summed E-state index contributed by atoms with van der Waals surface area (Å²) >= 11 is 0. The Morgan fingerprint density at radius 1 is 1.35 bits per heavy atom. The zero-order chi connectivity index (χ0) is 12.7. The average Bonchev–Trinajstić information content (AvgIpc) is 3.08. The molecule has 0 aromatic carbocycles. The number of nitrogens with zero attached hydrogens (tertiary/aromatic N) is 1. The second-order valence-electron chi connectivity index (χ2n) is 4.59. The molecule has 0 radical (unpaired) electrons. The molecular weight excluding hydrogens is 242 g/mol. The Hall–Kier alpha value is -0.170. The van der Waals surface area contributed by atoms with E-state index in [4.69, 9.17) is 9.84 Å². The van der Waals surface area contributed by atoms with E-state index in [0.29, 0.717) is 31.9 Å². The van der Waals surface area contributed by atoms with Crippen LogP contribution in [0.25, 0.3) is 0 Å². The minimum absolute atomic E-state index is 0.0454. The highest BCUT2D eigenvalue weighted by Gasteiger charge is 2.21. The fraction of sp³-hybridized carbons (Fsp3) is 1.00. The first kappa shape index (κ1) is 14.9. The van der Waals surface area contributed by atoms with E-state index in [2.05, 4.69) is 0 Å². The molecule has 0 saturated heterocycles. The van der Waals surface area contributed by atoms with E-state index >= 15 is 0 Å². The molecule has 1 aliphatic rings. The molecule has 0 bridgehead atoms. The van der Waals surface area contributed by atoms with Gasteiger partial charge in [0.15, 0.2) is 0 Å². The van der Waals surface area contributed by atoms with Gasteiger partial charge in [-0.15, -0.1) is 0 Å². The first-order valence-corrected chi connectivity index (χ1v) is 7.80. The summed E-state index contributed by atoms with van der Waals surface area (Å²) in [5.41, 5.74) is 0. The number of aliphatic hydroxyl groups is 1. The highest BCUT2D eigenvalue weighted by Crippen LogP contribution is 2.28. The number of ether oxygens (including phenoxy) is 1. The number of aliphatic hydroxyl groups excluding tert-OH is 1. The molecular formula is C11H23NO4S. The number of hydrogen-bond donors (Lipinski definition) is 1. The third kappa shape index (κ3) is 6.35. The molecule has 0 atom stereocenters. The molecule has 0 aromatic rings. The fourth-order valence-corrected chi connectivity index (χ4v) is 2.65. The zero-order valence-corrected chi connectivity index (χ0v) is 11.3. The molecule has 5 nitrogen and oxygen atoms in total. The quantitative estimate of drug-likeness (QED) is 0.582. The van der Waals surface area contributed by atoms with Crippen LogP contribution < -0.4 is 0 Å². The van der Waals surface area contributed by atoms with Crippen molar-refractivity contribution < 1.29 is 18.3 Å². The van der Waals surface area contributed by atoms with Gasteiger partial charge in [-0.1, -0.05) is 0 Å². The molecule has 0 unspecified atom stereocenters. The van der Waals surface area contributed by atoms with Gasteiger partial charge in [-0.05, 0) is 31.6 Å². The Kier molecular flexibility index (Phi) is 6.40. The summed E-state index contributed by atoms with van der Waals surface area (Å²) in [4.78, 5) is 0. The predicted octanol–water partition coefficient (Wildman–Crippen LogP) is 0.447. The molecule has 0 aliphatic heterocycles. The van der Waals surface area contributed by atoms with E-state index in [1.807, 2.05) is 0 Å². The predicted molar refractivity (Wildman–Crippen MR) is 66.3 cm³/mol. The van der Waals surface area contributed by atoms with Gasteiger partial charge in [0.2, 0.25) is 10.0 Å². The maximum absolute atomic E-state index is 11.7. The lowest BCUT2D eigenvalue weighted by Gasteiger charge is -2.16. The fourth-order valence-electron chi connectivity index (χ4n) is 1.42.